The zero-order chi connectivity index (χ0) is 12.1. The van der Waals surface area contributed by atoms with Gasteiger partial charge in [-0.05, 0) is 6.92 Å². The first kappa shape index (κ1) is 12.2. The van der Waals surface area contributed by atoms with Gasteiger partial charge < -0.3 is 15.4 Å². The molecule has 1 atom stereocenters. The molecular weight excluding hydrogens is 210 g/mol. The number of hydrogen-bond acceptors (Lipinski definition) is 7. The van der Waals surface area contributed by atoms with Crippen LogP contribution in [0.25, 0.3) is 0 Å². The summed E-state index contributed by atoms with van der Waals surface area (Å²) in [6.45, 7) is 5.66. The van der Waals surface area contributed by atoms with Crippen LogP contribution in [0.3, 0.4) is 0 Å². The highest BCUT2D eigenvalue weighted by Crippen LogP contribution is 2.03. The minimum atomic E-state index is -0.583. The molecule has 1 aliphatic heterocycles. The maximum Gasteiger partial charge on any atom is 0.330 e. The Balaban J connectivity index is 2.46. The number of hydrogen-bond donors (Lipinski definition) is 2. The first-order chi connectivity index (χ1) is 7.54. The van der Waals surface area contributed by atoms with Crippen molar-refractivity contribution in [3.8, 4) is 0 Å². The van der Waals surface area contributed by atoms with Gasteiger partial charge in [-0.1, -0.05) is 6.58 Å². The molecule has 0 aromatic rings. The van der Waals surface area contributed by atoms with Crippen molar-refractivity contribution < 1.29 is 9.53 Å². The predicted octanol–water partition coefficient (Wildman–Crippen LogP) is -0.993. The van der Waals surface area contributed by atoms with Gasteiger partial charge >= 0.3 is 5.97 Å². The van der Waals surface area contributed by atoms with Crippen molar-refractivity contribution in [3.63, 3.8) is 0 Å². The van der Waals surface area contributed by atoms with Crippen LogP contribution >= 0.6 is 0 Å². The Kier molecular flexibility index (Phi) is 4.01. The second kappa shape index (κ2) is 5.26. The van der Waals surface area contributed by atoms with Crippen molar-refractivity contribution in [2.75, 3.05) is 13.2 Å². The summed E-state index contributed by atoms with van der Waals surface area (Å²) in [7, 11) is 0. The molecule has 0 amide bonds. The Hall–Kier alpha value is -1.89. The first-order valence-corrected chi connectivity index (χ1v) is 4.74. The number of esters is 1. The normalized spacial score (nSPS) is 19.9. The molecule has 1 unspecified atom stereocenters. The Morgan fingerprint density at radius 1 is 1.75 bits per heavy atom. The number of guanidine groups is 1. The van der Waals surface area contributed by atoms with Crippen LogP contribution < -0.4 is 11.5 Å². The molecule has 0 aromatic carbocycles. The molecule has 88 valence electrons. The van der Waals surface area contributed by atoms with Crippen LogP contribution in [0, 0.1) is 0 Å². The van der Waals surface area contributed by atoms with Crippen LogP contribution in [0.1, 0.15) is 6.92 Å². The van der Waals surface area contributed by atoms with Gasteiger partial charge in [-0.2, -0.15) is 0 Å². The van der Waals surface area contributed by atoms with Crippen LogP contribution in [0.2, 0.25) is 0 Å². The fourth-order valence-corrected chi connectivity index (χ4v) is 1.25. The quantitative estimate of drug-likeness (QED) is 0.472. The molecule has 1 aliphatic rings. The highest BCUT2D eigenvalue weighted by molar-refractivity contribution is 5.95. The van der Waals surface area contributed by atoms with Crippen LogP contribution in [0.4, 0.5) is 0 Å². The molecule has 0 fully saturated rings. The lowest BCUT2D eigenvalue weighted by atomic mass is 10.4. The number of amidine groups is 1. The van der Waals surface area contributed by atoms with E-state index >= 15 is 0 Å². The Labute approximate surface area is 93.5 Å². The molecule has 7 heteroatoms. The topological polar surface area (TPSA) is 106 Å². The fourth-order valence-electron chi connectivity index (χ4n) is 1.25. The molecule has 0 saturated heterocycles. The monoisotopic (exact) mass is 225 g/mol. The van der Waals surface area contributed by atoms with Crippen LogP contribution in [0.15, 0.2) is 22.6 Å². The lowest BCUT2D eigenvalue weighted by Gasteiger charge is -2.30. The third kappa shape index (κ3) is 3.06. The molecule has 1 heterocycles. The molecule has 0 aromatic heterocycles. The number of carbonyl (C=O) groups excluding carboxylic acids is 1. The van der Waals surface area contributed by atoms with Crippen molar-refractivity contribution in [1.82, 2.24) is 4.90 Å². The number of nitrogens with two attached hydrogens (primary N) is 2. The maximum atomic E-state index is 10.8. The minimum Gasteiger partial charge on any atom is -0.461 e. The lowest BCUT2D eigenvalue weighted by molar-refractivity contribution is -0.138. The number of ether oxygens (including phenoxy) is 1. The molecule has 0 spiro atoms. The molecule has 7 nitrogen and oxygen atoms in total. The molecule has 16 heavy (non-hydrogen) atoms. The average molecular weight is 225 g/mol. The fraction of sp³-hybridized carbons (Fsp3) is 0.444. The summed E-state index contributed by atoms with van der Waals surface area (Å²) in [4.78, 5) is 20.3. The molecule has 1 rings (SSSR count). The van der Waals surface area contributed by atoms with E-state index in [0.717, 1.165) is 6.08 Å². The molecule has 0 aliphatic carbocycles. The van der Waals surface area contributed by atoms with Gasteiger partial charge in [-0.25, -0.2) is 14.8 Å². The van der Waals surface area contributed by atoms with Gasteiger partial charge in [0, 0.05) is 6.08 Å². The first-order valence-electron chi connectivity index (χ1n) is 4.74. The summed E-state index contributed by atoms with van der Waals surface area (Å²) in [5.74, 6) is 0.335. The largest absolute Gasteiger partial charge is 0.461 e. The smallest absolute Gasteiger partial charge is 0.330 e. The van der Waals surface area contributed by atoms with Crippen molar-refractivity contribution in [3.05, 3.63) is 12.7 Å². The highest BCUT2D eigenvalue weighted by Gasteiger charge is 2.19. The van der Waals surface area contributed by atoms with Crippen LogP contribution in [0.5, 0.6) is 0 Å². The van der Waals surface area contributed by atoms with Crippen molar-refractivity contribution in [1.29, 1.82) is 0 Å². The van der Waals surface area contributed by atoms with Gasteiger partial charge in [-0.15, -0.1) is 0 Å². The van der Waals surface area contributed by atoms with Gasteiger partial charge in [0.1, 0.15) is 12.4 Å². The van der Waals surface area contributed by atoms with Crippen molar-refractivity contribution in [2.24, 2.45) is 21.5 Å². The van der Waals surface area contributed by atoms with Crippen LogP contribution in [-0.4, -0.2) is 42.1 Å². The van der Waals surface area contributed by atoms with Gasteiger partial charge in [0.25, 0.3) is 0 Å². The van der Waals surface area contributed by atoms with Gasteiger partial charge in [0.2, 0.25) is 5.96 Å². The van der Waals surface area contributed by atoms with Crippen molar-refractivity contribution >= 4 is 17.8 Å². The van der Waals surface area contributed by atoms with Crippen LogP contribution in [-0.2, 0) is 9.53 Å². The van der Waals surface area contributed by atoms with E-state index in [0.29, 0.717) is 12.4 Å². The summed E-state index contributed by atoms with van der Waals surface area (Å²) in [5, 5.41) is 0. The third-order valence-corrected chi connectivity index (χ3v) is 2.02. The second-order valence-corrected chi connectivity index (χ2v) is 3.12. The molecule has 0 saturated carbocycles. The molecular formula is C9H15N5O2. The summed E-state index contributed by atoms with van der Waals surface area (Å²) in [6, 6.07) is 0. The van der Waals surface area contributed by atoms with Gasteiger partial charge in [0.15, 0.2) is 6.29 Å². The molecule has 4 N–H and O–H groups in total. The number of nitrogens with zero attached hydrogens (tertiary/aromatic N) is 3. The van der Waals surface area contributed by atoms with Crippen molar-refractivity contribution in [2.45, 2.75) is 13.2 Å². The van der Waals surface area contributed by atoms with E-state index < -0.39 is 12.3 Å². The Morgan fingerprint density at radius 2 is 2.44 bits per heavy atom. The summed E-state index contributed by atoms with van der Waals surface area (Å²) in [6.07, 6.45) is 0.521. The van der Waals surface area contributed by atoms with E-state index in [-0.39, 0.29) is 12.6 Å². The van der Waals surface area contributed by atoms with Gasteiger partial charge in [-0.3, -0.25) is 5.73 Å². The average Bonchev–Trinajstić information content (AvgIpc) is 2.21. The Bertz CT molecular complexity index is 350. The Morgan fingerprint density at radius 3 is 3.00 bits per heavy atom. The number of carbonyl (C=O) groups is 1. The highest BCUT2D eigenvalue weighted by atomic mass is 16.5. The third-order valence-electron chi connectivity index (χ3n) is 2.02. The van der Waals surface area contributed by atoms with E-state index in [9.17, 15) is 4.79 Å². The SMILES string of the molecule is C=CC(=O)OCCN1C(C)=NC(N)=NC1N. The van der Waals surface area contributed by atoms with E-state index in [1.807, 2.05) is 0 Å². The van der Waals surface area contributed by atoms with E-state index in [2.05, 4.69) is 16.6 Å². The zero-order valence-corrected chi connectivity index (χ0v) is 9.09. The lowest BCUT2D eigenvalue weighted by Crippen LogP contribution is -2.49. The molecule has 0 bridgehead atoms. The summed E-state index contributed by atoms with van der Waals surface area (Å²) < 4.78 is 4.83. The number of aliphatic imine (C=N–C) groups is 2. The zero-order valence-electron chi connectivity index (χ0n) is 9.09. The standard InChI is InChI=1S/C9H15N5O2/c1-3-7(15)16-5-4-14-6(2)12-8(10)13-9(14)11/h3,9H,1,4-5,11H2,2H3,(H2,10,13). The molecule has 0 radical (unpaired) electrons. The maximum absolute atomic E-state index is 10.8. The predicted molar refractivity (Wildman–Crippen MR) is 60.6 cm³/mol. The summed E-state index contributed by atoms with van der Waals surface area (Å²) >= 11 is 0. The minimum absolute atomic E-state index is 0.157. The number of rotatable bonds is 4. The van der Waals surface area contributed by atoms with E-state index in [1.54, 1.807) is 11.8 Å². The van der Waals surface area contributed by atoms with E-state index in [1.165, 1.54) is 0 Å². The van der Waals surface area contributed by atoms with Gasteiger partial charge in [0.05, 0.1) is 6.54 Å². The summed E-state index contributed by atoms with van der Waals surface area (Å²) in [5.41, 5.74) is 11.2. The van der Waals surface area contributed by atoms with E-state index in [4.69, 9.17) is 16.2 Å². The second-order valence-electron chi connectivity index (χ2n) is 3.12.